The molecule has 0 heterocycles. The maximum atomic E-state index is 11.1. The van der Waals surface area contributed by atoms with Crippen LogP contribution in [-0.4, -0.2) is 29.9 Å². The number of carboxylic acid groups (broad SMARTS) is 2. The summed E-state index contributed by atoms with van der Waals surface area (Å²) in [5.74, 6) is -2.29. The van der Waals surface area contributed by atoms with Crippen LogP contribution in [0.5, 0.6) is 0 Å². The second kappa shape index (κ2) is 7.05. The van der Waals surface area contributed by atoms with Gasteiger partial charge in [0.2, 0.25) is 0 Å². The molecule has 0 spiro atoms. The van der Waals surface area contributed by atoms with E-state index in [1.807, 2.05) is 30.3 Å². The molecule has 110 valence electrons. The Bertz CT molecular complexity index is 456. The van der Waals surface area contributed by atoms with Crippen molar-refractivity contribution >= 4 is 11.9 Å². The lowest BCUT2D eigenvalue weighted by atomic mass is 9.92. The molecule has 1 aromatic rings. The van der Waals surface area contributed by atoms with Gasteiger partial charge in [-0.25, -0.2) is 0 Å². The van der Waals surface area contributed by atoms with Crippen LogP contribution in [-0.2, 0) is 16.1 Å². The topological polar surface area (TPSA) is 83.5 Å². The van der Waals surface area contributed by atoms with Gasteiger partial charge in [0.15, 0.2) is 0 Å². The van der Waals surface area contributed by atoms with Crippen molar-refractivity contribution in [1.82, 2.24) is 4.90 Å². The minimum absolute atomic E-state index is 0.129. The van der Waals surface area contributed by atoms with Crippen molar-refractivity contribution in [3.8, 4) is 0 Å². The zero-order chi connectivity index (χ0) is 15.2. The monoisotopic (exact) mass is 277 g/mol. The molecule has 0 saturated carbocycles. The minimum Gasteiger partial charge on any atom is -0.550 e. The average Bonchev–Trinajstić information content (AvgIpc) is 2.36. The molecular formula is C15H19NO4-2. The fourth-order valence-corrected chi connectivity index (χ4v) is 1.93. The van der Waals surface area contributed by atoms with E-state index in [4.69, 9.17) is 0 Å². The number of carbonyl (C=O) groups excluding carboxylic acids is 2. The van der Waals surface area contributed by atoms with Gasteiger partial charge in [-0.15, -0.1) is 0 Å². The lowest BCUT2D eigenvalue weighted by molar-refractivity contribution is -0.318. The van der Waals surface area contributed by atoms with Crippen LogP contribution in [0.4, 0.5) is 0 Å². The van der Waals surface area contributed by atoms with Crippen molar-refractivity contribution < 1.29 is 19.8 Å². The molecule has 0 unspecified atom stereocenters. The van der Waals surface area contributed by atoms with Crippen molar-refractivity contribution in [2.75, 3.05) is 13.1 Å². The van der Waals surface area contributed by atoms with E-state index in [1.54, 1.807) is 18.7 Å². The van der Waals surface area contributed by atoms with E-state index in [-0.39, 0.29) is 19.5 Å². The van der Waals surface area contributed by atoms with Gasteiger partial charge in [-0.3, -0.25) is 4.90 Å². The van der Waals surface area contributed by atoms with Crippen LogP contribution in [0.15, 0.2) is 30.3 Å². The number of benzene rings is 1. The van der Waals surface area contributed by atoms with Gasteiger partial charge in [0.05, 0.1) is 0 Å². The summed E-state index contributed by atoms with van der Waals surface area (Å²) in [5.41, 5.74) is -0.0410. The summed E-state index contributed by atoms with van der Waals surface area (Å²) in [6.45, 7) is 4.09. The summed E-state index contributed by atoms with van der Waals surface area (Å²) < 4.78 is 0. The Labute approximate surface area is 118 Å². The first-order chi connectivity index (χ1) is 9.31. The smallest absolute Gasteiger partial charge is 0.0483 e. The lowest BCUT2D eigenvalue weighted by Crippen LogP contribution is -2.46. The van der Waals surface area contributed by atoms with Crippen LogP contribution in [0.25, 0.3) is 0 Å². The van der Waals surface area contributed by atoms with Gasteiger partial charge in [0.25, 0.3) is 0 Å². The Balaban J connectivity index is 2.74. The Kier molecular flexibility index (Phi) is 5.70. The zero-order valence-electron chi connectivity index (χ0n) is 11.8. The quantitative estimate of drug-likeness (QED) is 0.634. The molecule has 0 aliphatic carbocycles. The standard InChI is InChI=1S/C15H21NO4/c1-15(2,14(19)20)11-16(9-8-13(17)18)10-12-6-4-3-5-7-12/h3-7H,8-11H2,1-2H3,(H,17,18)(H,19,20)/p-2. The number of rotatable bonds is 8. The van der Waals surface area contributed by atoms with Crippen LogP contribution < -0.4 is 10.2 Å². The molecule has 1 aromatic carbocycles. The molecule has 0 aliphatic heterocycles. The van der Waals surface area contributed by atoms with E-state index in [1.165, 1.54) is 0 Å². The molecule has 0 N–H and O–H groups in total. The first-order valence-electron chi connectivity index (χ1n) is 6.49. The highest BCUT2D eigenvalue weighted by Gasteiger charge is 2.23. The Morgan fingerprint density at radius 1 is 1.15 bits per heavy atom. The predicted octanol–water partition coefficient (Wildman–Crippen LogP) is -0.595. The molecule has 0 bridgehead atoms. The lowest BCUT2D eigenvalue weighted by Gasteiger charge is -2.33. The van der Waals surface area contributed by atoms with Crippen LogP contribution in [0.2, 0.25) is 0 Å². The maximum absolute atomic E-state index is 11.1. The molecule has 5 heteroatoms. The van der Waals surface area contributed by atoms with Crippen molar-refractivity contribution in [3.63, 3.8) is 0 Å². The molecule has 0 saturated heterocycles. The number of hydrogen-bond acceptors (Lipinski definition) is 5. The fraction of sp³-hybridized carbons (Fsp3) is 0.467. The highest BCUT2D eigenvalue weighted by Crippen LogP contribution is 2.18. The van der Waals surface area contributed by atoms with E-state index in [9.17, 15) is 19.8 Å². The molecule has 0 amide bonds. The molecule has 1 rings (SSSR count). The summed E-state index contributed by atoms with van der Waals surface area (Å²) in [4.78, 5) is 23.5. The highest BCUT2D eigenvalue weighted by atomic mass is 16.4. The molecule has 0 aromatic heterocycles. The fourth-order valence-electron chi connectivity index (χ4n) is 1.93. The van der Waals surface area contributed by atoms with Crippen molar-refractivity contribution in [2.24, 2.45) is 5.41 Å². The van der Waals surface area contributed by atoms with Crippen LogP contribution >= 0.6 is 0 Å². The first kappa shape index (κ1) is 16.2. The van der Waals surface area contributed by atoms with Gasteiger partial charge in [-0.2, -0.15) is 0 Å². The number of carboxylic acids is 2. The predicted molar refractivity (Wildman–Crippen MR) is 70.1 cm³/mol. The molecule has 5 nitrogen and oxygen atoms in total. The maximum Gasteiger partial charge on any atom is 0.0483 e. The van der Waals surface area contributed by atoms with E-state index in [2.05, 4.69) is 0 Å². The molecule has 0 atom stereocenters. The van der Waals surface area contributed by atoms with Gasteiger partial charge >= 0.3 is 0 Å². The normalized spacial score (nSPS) is 11.6. The third-order valence-electron chi connectivity index (χ3n) is 3.05. The van der Waals surface area contributed by atoms with E-state index >= 15 is 0 Å². The number of hydrogen-bond donors (Lipinski definition) is 0. The van der Waals surface area contributed by atoms with E-state index in [0.29, 0.717) is 6.54 Å². The molecule has 0 fully saturated rings. The Morgan fingerprint density at radius 2 is 1.75 bits per heavy atom. The van der Waals surface area contributed by atoms with Gasteiger partial charge in [0, 0.05) is 37.0 Å². The van der Waals surface area contributed by atoms with Crippen LogP contribution in [0.3, 0.4) is 0 Å². The Hall–Kier alpha value is -1.88. The molecular weight excluding hydrogens is 258 g/mol. The molecule has 0 radical (unpaired) electrons. The van der Waals surface area contributed by atoms with Crippen molar-refractivity contribution in [1.29, 1.82) is 0 Å². The summed E-state index contributed by atoms with van der Waals surface area (Å²) in [6.07, 6.45) is -0.129. The summed E-state index contributed by atoms with van der Waals surface area (Å²) in [5, 5.41) is 21.7. The third kappa shape index (κ3) is 5.40. The number of aliphatic carboxylic acids is 2. The van der Waals surface area contributed by atoms with Gasteiger partial charge in [-0.1, -0.05) is 44.2 Å². The second-order valence-corrected chi connectivity index (χ2v) is 5.49. The second-order valence-electron chi connectivity index (χ2n) is 5.49. The summed E-state index contributed by atoms with van der Waals surface area (Å²) >= 11 is 0. The highest BCUT2D eigenvalue weighted by molar-refractivity contribution is 5.71. The van der Waals surface area contributed by atoms with Gasteiger partial charge in [0.1, 0.15) is 0 Å². The third-order valence-corrected chi connectivity index (χ3v) is 3.05. The summed E-state index contributed by atoms with van der Waals surface area (Å²) in [6, 6.07) is 9.49. The molecule has 20 heavy (non-hydrogen) atoms. The number of carbonyl (C=O) groups is 2. The number of nitrogens with zero attached hydrogens (tertiary/aromatic N) is 1. The van der Waals surface area contributed by atoms with E-state index in [0.717, 1.165) is 5.56 Å². The average molecular weight is 277 g/mol. The van der Waals surface area contributed by atoms with Crippen molar-refractivity contribution in [3.05, 3.63) is 35.9 Å². The largest absolute Gasteiger partial charge is 0.550 e. The first-order valence-corrected chi connectivity index (χ1v) is 6.49. The van der Waals surface area contributed by atoms with Gasteiger partial charge < -0.3 is 19.8 Å². The summed E-state index contributed by atoms with van der Waals surface area (Å²) in [7, 11) is 0. The minimum atomic E-state index is -1.15. The van der Waals surface area contributed by atoms with Crippen LogP contribution in [0.1, 0.15) is 25.8 Å². The van der Waals surface area contributed by atoms with E-state index < -0.39 is 17.4 Å². The molecule has 0 aliphatic rings. The Morgan fingerprint density at radius 3 is 2.25 bits per heavy atom. The zero-order valence-corrected chi connectivity index (χ0v) is 11.8. The van der Waals surface area contributed by atoms with Crippen molar-refractivity contribution in [2.45, 2.75) is 26.8 Å². The van der Waals surface area contributed by atoms with Gasteiger partial charge in [-0.05, 0) is 12.0 Å². The van der Waals surface area contributed by atoms with Crippen LogP contribution in [0, 0.1) is 5.41 Å². The SMILES string of the molecule is CC(C)(CN(CCC(=O)[O-])Cc1ccccc1)C(=O)[O-].